The maximum atomic E-state index is 9.03. The highest BCUT2D eigenvalue weighted by Gasteiger charge is 2.12. The summed E-state index contributed by atoms with van der Waals surface area (Å²) in [6, 6.07) is 7.63. The van der Waals surface area contributed by atoms with Crippen LogP contribution in [0.1, 0.15) is 11.4 Å². The van der Waals surface area contributed by atoms with Gasteiger partial charge in [-0.1, -0.05) is 23.7 Å². The number of imidazole rings is 1. The first-order valence-electron chi connectivity index (χ1n) is 5.52. The van der Waals surface area contributed by atoms with E-state index >= 15 is 0 Å². The van der Waals surface area contributed by atoms with Crippen LogP contribution in [0.2, 0.25) is 5.02 Å². The highest BCUT2D eigenvalue weighted by atomic mass is 35.5. The molecule has 90 valence electrons. The third-order valence-electron chi connectivity index (χ3n) is 2.85. The van der Waals surface area contributed by atoms with Crippen LogP contribution >= 0.6 is 11.6 Å². The molecule has 0 saturated carbocycles. The lowest BCUT2D eigenvalue weighted by molar-refractivity contribution is 0.296. The number of halogens is 1. The van der Waals surface area contributed by atoms with Gasteiger partial charge in [0.25, 0.3) is 0 Å². The molecule has 1 aromatic heterocycles. The zero-order valence-corrected chi connectivity index (χ0v) is 10.7. The lowest BCUT2D eigenvalue weighted by Crippen LogP contribution is -2.02. The normalized spacial score (nSPS) is 10.8. The second-order valence-corrected chi connectivity index (χ2v) is 4.45. The van der Waals surface area contributed by atoms with Crippen molar-refractivity contribution in [3.05, 3.63) is 40.7 Å². The Morgan fingerprint density at radius 2 is 2.18 bits per heavy atom. The zero-order chi connectivity index (χ0) is 12.4. The largest absolute Gasteiger partial charge is 0.396 e. The number of rotatable bonds is 3. The minimum Gasteiger partial charge on any atom is -0.396 e. The third kappa shape index (κ3) is 2.35. The molecule has 1 heterocycles. The van der Waals surface area contributed by atoms with E-state index in [1.54, 1.807) is 0 Å². The Hall–Kier alpha value is -1.32. The lowest BCUT2D eigenvalue weighted by Gasteiger charge is -2.05. The minimum absolute atomic E-state index is 0.134. The zero-order valence-electron chi connectivity index (χ0n) is 9.94. The van der Waals surface area contributed by atoms with E-state index in [0.29, 0.717) is 11.4 Å². The van der Waals surface area contributed by atoms with Gasteiger partial charge in [-0.15, -0.1) is 0 Å². The first-order valence-corrected chi connectivity index (χ1v) is 5.90. The minimum atomic E-state index is 0.134. The van der Waals surface area contributed by atoms with Crippen LogP contribution in [0.25, 0.3) is 11.4 Å². The van der Waals surface area contributed by atoms with E-state index in [-0.39, 0.29) is 6.61 Å². The molecule has 1 N–H and O–H groups in total. The van der Waals surface area contributed by atoms with Crippen LogP contribution in [0.15, 0.2) is 24.3 Å². The number of nitrogens with zero attached hydrogens (tertiary/aromatic N) is 2. The number of aryl methyl sites for hydroxylation is 1. The van der Waals surface area contributed by atoms with Crippen molar-refractivity contribution < 1.29 is 5.11 Å². The standard InChI is InChI=1S/C13H15ClN2O/c1-9-12(6-7-17)16(2)13(15-9)10-4-3-5-11(14)8-10/h3-5,8,17H,6-7H2,1-2H3. The Morgan fingerprint density at radius 1 is 1.41 bits per heavy atom. The predicted octanol–water partition coefficient (Wildman–Crippen LogP) is 2.58. The molecule has 0 aliphatic rings. The van der Waals surface area contributed by atoms with Gasteiger partial charge in [0.1, 0.15) is 5.82 Å². The van der Waals surface area contributed by atoms with Gasteiger partial charge in [0, 0.05) is 36.4 Å². The molecule has 0 aliphatic heterocycles. The van der Waals surface area contributed by atoms with E-state index in [9.17, 15) is 0 Å². The van der Waals surface area contributed by atoms with E-state index in [2.05, 4.69) is 4.98 Å². The smallest absolute Gasteiger partial charge is 0.140 e. The van der Waals surface area contributed by atoms with E-state index in [1.807, 2.05) is 42.8 Å². The van der Waals surface area contributed by atoms with Crippen LogP contribution < -0.4 is 0 Å². The maximum Gasteiger partial charge on any atom is 0.140 e. The van der Waals surface area contributed by atoms with Gasteiger partial charge < -0.3 is 9.67 Å². The summed E-state index contributed by atoms with van der Waals surface area (Å²) in [5.74, 6) is 0.883. The summed E-state index contributed by atoms with van der Waals surface area (Å²) in [7, 11) is 1.96. The van der Waals surface area contributed by atoms with Crippen molar-refractivity contribution in [1.29, 1.82) is 0 Å². The molecule has 0 aliphatic carbocycles. The average molecular weight is 251 g/mol. The van der Waals surface area contributed by atoms with E-state index in [1.165, 1.54) is 0 Å². The molecule has 0 saturated heterocycles. The van der Waals surface area contributed by atoms with Crippen LogP contribution in [0, 0.1) is 6.92 Å². The molecule has 0 bridgehead atoms. The summed E-state index contributed by atoms with van der Waals surface area (Å²) in [5, 5.41) is 9.73. The fourth-order valence-corrected chi connectivity index (χ4v) is 2.20. The van der Waals surface area contributed by atoms with Gasteiger partial charge in [-0.2, -0.15) is 0 Å². The highest BCUT2D eigenvalue weighted by molar-refractivity contribution is 6.30. The maximum absolute atomic E-state index is 9.03. The van der Waals surface area contributed by atoms with Gasteiger partial charge in [0.05, 0.1) is 5.69 Å². The Bertz CT molecular complexity index is 534. The van der Waals surface area contributed by atoms with Gasteiger partial charge in [0.15, 0.2) is 0 Å². The molecular weight excluding hydrogens is 236 g/mol. The molecule has 0 unspecified atom stereocenters. The van der Waals surface area contributed by atoms with Gasteiger partial charge in [-0.05, 0) is 19.1 Å². The summed E-state index contributed by atoms with van der Waals surface area (Å²) in [6.07, 6.45) is 0.621. The van der Waals surface area contributed by atoms with Gasteiger partial charge in [-0.3, -0.25) is 0 Å². The molecule has 0 radical (unpaired) electrons. The predicted molar refractivity (Wildman–Crippen MR) is 69.2 cm³/mol. The topological polar surface area (TPSA) is 38.0 Å². The number of benzene rings is 1. The van der Waals surface area contributed by atoms with Gasteiger partial charge in [-0.25, -0.2) is 4.98 Å². The molecule has 2 rings (SSSR count). The van der Waals surface area contributed by atoms with Crippen molar-refractivity contribution in [3.8, 4) is 11.4 Å². The van der Waals surface area contributed by atoms with E-state index in [0.717, 1.165) is 22.8 Å². The first kappa shape index (κ1) is 12.1. The van der Waals surface area contributed by atoms with Crippen molar-refractivity contribution in [2.45, 2.75) is 13.3 Å². The van der Waals surface area contributed by atoms with Crippen LogP contribution in [-0.2, 0) is 13.5 Å². The summed E-state index contributed by atoms with van der Waals surface area (Å²) < 4.78 is 2.01. The van der Waals surface area contributed by atoms with Crippen LogP contribution in [0.5, 0.6) is 0 Å². The Kier molecular flexibility index (Phi) is 3.50. The number of aliphatic hydroxyl groups excluding tert-OH is 1. The van der Waals surface area contributed by atoms with Gasteiger partial charge >= 0.3 is 0 Å². The van der Waals surface area contributed by atoms with Crippen LogP contribution in [0.3, 0.4) is 0 Å². The van der Waals surface area contributed by atoms with Crippen molar-refractivity contribution >= 4 is 11.6 Å². The van der Waals surface area contributed by atoms with Crippen molar-refractivity contribution in [2.24, 2.45) is 7.05 Å². The molecule has 4 heteroatoms. The SMILES string of the molecule is Cc1nc(-c2cccc(Cl)c2)n(C)c1CCO. The second-order valence-electron chi connectivity index (χ2n) is 4.01. The van der Waals surface area contributed by atoms with E-state index in [4.69, 9.17) is 16.7 Å². The highest BCUT2D eigenvalue weighted by Crippen LogP contribution is 2.24. The molecule has 17 heavy (non-hydrogen) atoms. The summed E-state index contributed by atoms with van der Waals surface area (Å²) in [4.78, 5) is 4.53. The Labute approximate surface area is 106 Å². The Morgan fingerprint density at radius 3 is 2.82 bits per heavy atom. The molecule has 0 atom stereocenters. The average Bonchev–Trinajstić information content (AvgIpc) is 2.57. The lowest BCUT2D eigenvalue weighted by atomic mass is 10.2. The Balaban J connectivity index is 2.50. The van der Waals surface area contributed by atoms with Crippen molar-refractivity contribution in [1.82, 2.24) is 9.55 Å². The van der Waals surface area contributed by atoms with Crippen LogP contribution in [-0.4, -0.2) is 21.3 Å². The van der Waals surface area contributed by atoms with Crippen molar-refractivity contribution in [3.63, 3.8) is 0 Å². The first-order chi connectivity index (χ1) is 8.13. The quantitative estimate of drug-likeness (QED) is 0.909. The number of aromatic nitrogens is 2. The fourth-order valence-electron chi connectivity index (χ4n) is 2.01. The molecule has 0 fully saturated rings. The molecule has 3 nitrogen and oxygen atoms in total. The number of aliphatic hydroxyl groups is 1. The second kappa shape index (κ2) is 4.90. The summed E-state index contributed by atoms with van der Waals surface area (Å²) in [5.41, 5.74) is 3.01. The number of hydrogen-bond donors (Lipinski definition) is 1. The summed E-state index contributed by atoms with van der Waals surface area (Å²) >= 11 is 5.98. The fraction of sp³-hybridized carbons (Fsp3) is 0.308. The molecule has 2 aromatic rings. The summed E-state index contributed by atoms with van der Waals surface area (Å²) in [6.45, 7) is 2.09. The molecule has 0 amide bonds. The molecule has 1 aromatic carbocycles. The van der Waals surface area contributed by atoms with Gasteiger partial charge in [0.2, 0.25) is 0 Å². The monoisotopic (exact) mass is 250 g/mol. The number of hydrogen-bond acceptors (Lipinski definition) is 2. The van der Waals surface area contributed by atoms with Crippen molar-refractivity contribution in [2.75, 3.05) is 6.61 Å². The molecular formula is C13H15ClN2O. The van der Waals surface area contributed by atoms with E-state index < -0.39 is 0 Å². The van der Waals surface area contributed by atoms with Crippen LogP contribution in [0.4, 0.5) is 0 Å². The third-order valence-corrected chi connectivity index (χ3v) is 3.08. The molecule has 0 spiro atoms.